The minimum Gasteiger partial charge on any atom is -0.392 e. The maximum Gasteiger partial charge on any atom is 0.325 e. The minimum absolute atomic E-state index is 0.195. The van der Waals surface area contributed by atoms with E-state index in [4.69, 9.17) is 4.74 Å². The molecule has 1 atom stereocenters. The van der Waals surface area contributed by atoms with Gasteiger partial charge in [0.2, 0.25) is 0 Å². The molecule has 3 N–H and O–H groups in total. The van der Waals surface area contributed by atoms with Crippen molar-refractivity contribution in [3.05, 3.63) is 84.2 Å². The van der Waals surface area contributed by atoms with E-state index in [0.717, 1.165) is 48.2 Å². The topological polar surface area (TPSA) is 112 Å². The predicted octanol–water partition coefficient (Wildman–Crippen LogP) is 5.21. The first-order valence-electron chi connectivity index (χ1n) is 15.3. The molecule has 44 heavy (non-hydrogen) atoms. The van der Waals surface area contributed by atoms with Crippen molar-refractivity contribution in [3.63, 3.8) is 0 Å². The van der Waals surface area contributed by atoms with Gasteiger partial charge in [-0.25, -0.2) is 9.78 Å². The van der Waals surface area contributed by atoms with Crippen molar-refractivity contribution >= 4 is 40.0 Å². The summed E-state index contributed by atoms with van der Waals surface area (Å²) in [5.41, 5.74) is 4.42. The number of amides is 2. The summed E-state index contributed by atoms with van der Waals surface area (Å²) in [7, 11) is 1.61. The molecule has 0 unspecified atom stereocenters. The second-order valence-electron chi connectivity index (χ2n) is 11.2. The average molecular weight is 599 g/mol. The molecule has 4 aromatic rings. The van der Waals surface area contributed by atoms with E-state index in [9.17, 15) is 14.7 Å². The molecule has 0 aliphatic carbocycles. The Labute approximate surface area is 258 Å². The monoisotopic (exact) mass is 598 g/mol. The lowest BCUT2D eigenvalue weighted by atomic mass is 9.89. The van der Waals surface area contributed by atoms with Gasteiger partial charge in [-0.15, -0.1) is 0 Å². The van der Waals surface area contributed by atoms with Crippen LogP contribution in [0, 0.1) is 0 Å². The molecule has 2 aromatic heterocycles. The highest BCUT2D eigenvalue weighted by molar-refractivity contribution is 6.04. The predicted molar refractivity (Wildman–Crippen MR) is 174 cm³/mol. The number of aliphatic hydroxyl groups excluding tert-OH is 1. The summed E-state index contributed by atoms with van der Waals surface area (Å²) >= 11 is 0. The van der Waals surface area contributed by atoms with E-state index in [2.05, 4.69) is 37.6 Å². The maximum atomic E-state index is 13.2. The van der Waals surface area contributed by atoms with Crippen molar-refractivity contribution in [2.45, 2.75) is 38.7 Å². The second kappa shape index (κ2) is 14.5. The molecule has 10 nitrogen and oxygen atoms in total. The molecule has 1 aliphatic rings. The van der Waals surface area contributed by atoms with E-state index in [-0.39, 0.29) is 18.0 Å². The number of carbonyl (C=O) groups is 2. The highest BCUT2D eigenvalue weighted by Gasteiger charge is 2.22. The Morgan fingerprint density at radius 3 is 2.52 bits per heavy atom. The summed E-state index contributed by atoms with van der Waals surface area (Å²) in [6.45, 7) is 8.17. The van der Waals surface area contributed by atoms with Crippen LogP contribution in [0.1, 0.15) is 48.5 Å². The third-order valence-electron chi connectivity index (χ3n) is 8.13. The third-order valence-corrected chi connectivity index (χ3v) is 8.13. The van der Waals surface area contributed by atoms with Crippen LogP contribution in [0.15, 0.2) is 73.1 Å². The van der Waals surface area contributed by atoms with Crippen LogP contribution in [0.2, 0.25) is 0 Å². The number of benzene rings is 2. The Morgan fingerprint density at radius 1 is 1.07 bits per heavy atom. The van der Waals surface area contributed by atoms with Gasteiger partial charge >= 0.3 is 6.03 Å². The van der Waals surface area contributed by atoms with Crippen LogP contribution in [0.3, 0.4) is 0 Å². The second-order valence-corrected chi connectivity index (χ2v) is 11.2. The van der Waals surface area contributed by atoms with E-state index < -0.39 is 0 Å². The quantitative estimate of drug-likeness (QED) is 0.203. The molecule has 0 bridgehead atoms. The maximum absolute atomic E-state index is 13.2. The zero-order valence-electron chi connectivity index (χ0n) is 25.7. The number of pyridine rings is 1. The molecule has 0 saturated carbocycles. The van der Waals surface area contributed by atoms with E-state index in [1.54, 1.807) is 24.0 Å². The number of fused-ring (bicyclic) bond motifs is 1. The molecule has 1 saturated heterocycles. The van der Waals surface area contributed by atoms with Crippen LogP contribution in [0.5, 0.6) is 0 Å². The molecule has 5 rings (SSSR count). The van der Waals surface area contributed by atoms with Crippen LogP contribution < -0.4 is 15.5 Å². The van der Waals surface area contributed by atoms with Gasteiger partial charge in [0.1, 0.15) is 5.82 Å². The molecule has 2 aromatic carbocycles. The molecular weight excluding hydrogens is 556 g/mol. The van der Waals surface area contributed by atoms with Crippen LogP contribution in [0.4, 0.5) is 22.0 Å². The normalized spacial score (nSPS) is 14.8. The number of piperidine rings is 1. The average Bonchev–Trinajstić information content (AvgIpc) is 3.46. The zero-order valence-corrected chi connectivity index (χ0v) is 25.7. The third kappa shape index (κ3) is 7.45. The van der Waals surface area contributed by atoms with Gasteiger partial charge in [0, 0.05) is 67.5 Å². The number of anilines is 3. The van der Waals surface area contributed by atoms with Crippen molar-refractivity contribution in [1.29, 1.82) is 0 Å². The summed E-state index contributed by atoms with van der Waals surface area (Å²) < 4.78 is 7.26. The molecule has 0 spiro atoms. The van der Waals surface area contributed by atoms with Crippen molar-refractivity contribution in [2.24, 2.45) is 0 Å². The molecular formula is C34H42N6O4. The van der Waals surface area contributed by atoms with Gasteiger partial charge in [-0.05, 0) is 93.7 Å². The van der Waals surface area contributed by atoms with E-state index in [1.165, 1.54) is 5.56 Å². The number of nitrogens with zero attached hydrogens (tertiary/aromatic N) is 4. The Morgan fingerprint density at radius 2 is 1.82 bits per heavy atom. The molecule has 1 fully saturated rings. The standard InChI is InChI=1S/C34H42N6O4/c1-4-44-20-19-39(29-9-10-31-28(21-29)14-18-40(31)34(43)35-3)30-11-15-36-32(22-30)37-33(42)27-7-5-25(6-8-27)26-12-16-38(17-13-26)23-24(2)41/h5-11,14-15,18,21-22,24,26,41H,4,12-13,16-17,19-20,23H2,1-3H3,(H,35,43)(H,36,37,42)/t24-/m0/s1. The first kappa shape index (κ1) is 31.2. The number of nitrogens with one attached hydrogen (secondary N) is 2. The van der Waals surface area contributed by atoms with E-state index in [0.29, 0.717) is 43.6 Å². The molecule has 1 aliphatic heterocycles. The van der Waals surface area contributed by atoms with E-state index in [1.807, 2.05) is 62.4 Å². The van der Waals surface area contributed by atoms with Crippen molar-refractivity contribution in [3.8, 4) is 0 Å². The van der Waals surface area contributed by atoms with Crippen LogP contribution >= 0.6 is 0 Å². The van der Waals surface area contributed by atoms with Crippen LogP contribution in [-0.4, -0.2) is 84.0 Å². The lowest BCUT2D eigenvalue weighted by Gasteiger charge is -2.32. The number of hydrogen-bond donors (Lipinski definition) is 3. The number of ether oxygens (including phenoxy) is 1. The fraction of sp³-hybridized carbons (Fsp3) is 0.382. The minimum atomic E-state index is -0.308. The molecule has 232 valence electrons. The van der Waals surface area contributed by atoms with Gasteiger partial charge in [0.05, 0.1) is 18.2 Å². The summed E-state index contributed by atoms with van der Waals surface area (Å²) in [6.07, 6.45) is 5.22. The Hall–Kier alpha value is -4.25. The summed E-state index contributed by atoms with van der Waals surface area (Å²) in [6, 6.07) is 19.3. The van der Waals surface area contributed by atoms with Gasteiger partial charge in [-0.1, -0.05) is 12.1 Å². The van der Waals surface area contributed by atoms with Gasteiger partial charge in [0.25, 0.3) is 5.91 Å². The Bertz CT molecular complexity index is 1560. The van der Waals surface area contributed by atoms with Crippen molar-refractivity contribution in [1.82, 2.24) is 19.8 Å². The highest BCUT2D eigenvalue weighted by Crippen LogP contribution is 2.31. The van der Waals surface area contributed by atoms with Gasteiger partial charge in [-0.3, -0.25) is 9.36 Å². The number of β-amino-alcohol motifs (C(OH)–C–C–N with tert-alkyl or cyclic N) is 1. The fourth-order valence-electron chi connectivity index (χ4n) is 5.88. The fourth-order valence-corrected chi connectivity index (χ4v) is 5.88. The lowest BCUT2D eigenvalue weighted by molar-refractivity contribution is 0.102. The van der Waals surface area contributed by atoms with Crippen molar-refractivity contribution in [2.75, 3.05) is 56.7 Å². The largest absolute Gasteiger partial charge is 0.392 e. The number of aliphatic hydroxyl groups is 1. The number of hydrogen-bond acceptors (Lipinski definition) is 7. The molecule has 2 amide bonds. The van der Waals surface area contributed by atoms with Gasteiger partial charge < -0.3 is 30.3 Å². The molecule has 10 heteroatoms. The summed E-state index contributed by atoms with van der Waals surface area (Å²) in [5.74, 6) is 0.695. The van der Waals surface area contributed by atoms with Crippen molar-refractivity contribution < 1.29 is 19.4 Å². The van der Waals surface area contributed by atoms with E-state index >= 15 is 0 Å². The lowest BCUT2D eigenvalue weighted by Crippen LogP contribution is -2.37. The SMILES string of the molecule is CCOCCN(c1ccnc(NC(=O)c2ccc(C3CCN(C[C@H](C)O)CC3)cc2)c1)c1ccc2c(ccn2C(=O)NC)c1. The smallest absolute Gasteiger partial charge is 0.325 e. The first-order chi connectivity index (χ1) is 21.4. The molecule has 3 heterocycles. The number of likely N-dealkylation sites (tertiary alicyclic amines) is 1. The zero-order chi connectivity index (χ0) is 31.1. The van der Waals surface area contributed by atoms with Crippen LogP contribution in [-0.2, 0) is 4.74 Å². The number of aromatic nitrogens is 2. The summed E-state index contributed by atoms with van der Waals surface area (Å²) in [4.78, 5) is 34.3. The highest BCUT2D eigenvalue weighted by atomic mass is 16.5. The number of carbonyl (C=O) groups excluding carboxylic acids is 2. The van der Waals surface area contributed by atoms with Crippen LogP contribution in [0.25, 0.3) is 10.9 Å². The summed E-state index contributed by atoms with van der Waals surface area (Å²) in [5, 5.41) is 16.2. The number of rotatable bonds is 11. The molecule has 0 radical (unpaired) electrons. The Balaban J connectivity index is 1.29. The Kier molecular flexibility index (Phi) is 10.3. The van der Waals surface area contributed by atoms with Gasteiger partial charge in [-0.2, -0.15) is 0 Å². The first-order valence-corrected chi connectivity index (χ1v) is 15.3. The van der Waals surface area contributed by atoms with Gasteiger partial charge in [0.15, 0.2) is 0 Å².